The van der Waals surface area contributed by atoms with E-state index in [1.807, 2.05) is 6.92 Å². The van der Waals surface area contributed by atoms with Crippen molar-refractivity contribution in [3.8, 4) is 0 Å². The molecule has 0 radical (unpaired) electrons. The summed E-state index contributed by atoms with van der Waals surface area (Å²) in [6, 6.07) is 12.8. The molecule has 226 valence electrons. The second-order valence-electron chi connectivity index (χ2n) is 10.9. The maximum absolute atomic E-state index is 13.2. The second kappa shape index (κ2) is 11.8. The van der Waals surface area contributed by atoms with Crippen LogP contribution in [-0.2, 0) is 9.53 Å². The van der Waals surface area contributed by atoms with Gasteiger partial charge in [-0.2, -0.15) is 0 Å². The van der Waals surface area contributed by atoms with Crippen LogP contribution in [0.1, 0.15) is 47.2 Å². The Morgan fingerprint density at radius 1 is 0.907 bits per heavy atom. The number of nitrogens with one attached hydrogen (secondary N) is 2. The van der Waals surface area contributed by atoms with Gasteiger partial charge in [-0.25, -0.2) is 4.79 Å². The molecular weight excluding hydrogens is 679 g/mol. The molecule has 2 aliphatic rings. The van der Waals surface area contributed by atoms with Gasteiger partial charge in [-0.05, 0) is 86.3 Å². The summed E-state index contributed by atoms with van der Waals surface area (Å²) >= 11 is 37.7. The molecule has 2 aliphatic carbocycles. The van der Waals surface area contributed by atoms with Crippen molar-refractivity contribution in [2.24, 2.45) is 5.92 Å². The lowest BCUT2D eigenvalue weighted by Gasteiger charge is -2.21. The fourth-order valence-corrected chi connectivity index (χ4v) is 6.31. The van der Waals surface area contributed by atoms with Gasteiger partial charge in [0.2, 0.25) is 5.91 Å². The number of hydrogen-bond donors (Lipinski definition) is 2. The first-order chi connectivity index (χ1) is 20.1. The summed E-state index contributed by atoms with van der Waals surface area (Å²) in [6.07, 6.45) is 1.25. The average Bonchev–Trinajstić information content (AvgIpc) is 3.81. The molecule has 2 saturated carbocycles. The van der Waals surface area contributed by atoms with Crippen LogP contribution in [0.2, 0.25) is 20.1 Å². The molecule has 5 rings (SSSR count). The zero-order valence-corrected chi connectivity index (χ0v) is 27.6. The van der Waals surface area contributed by atoms with Crippen LogP contribution in [0.25, 0.3) is 0 Å². The van der Waals surface area contributed by atoms with Gasteiger partial charge in [0.1, 0.15) is 9.93 Å². The maximum Gasteiger partial charge on any atom is 0.414 e. The normalized spacial score (nSPS) is 19.3. The molecule has 0 heterocycles. The lowest BCUT2D eigenvalue weighted by atomic mass is 10.1. The fourth-order valence-electron chi connectivity index (χ4n) is 4.67. The standard InChI is InChI=1S/C30H25Cl6N3O4/c1-14-10-17(39(3)28(42)43-29(2)8-9-29)5-7-22(14)38-26(40)18-13-16(4-6-19(18)31)37-27(41)24-23(30(24,35)36)15-11-20(32)25(34)21(33)12-15/h4-7,10-13,23-24H,8-9H2,1-3H3,(H,37,41)(H,38,40). The number of alkyl halides is 2. The van der Waals surface area contributed by atoms with E-state index in [2.05, 4.69) is 10.6 Å². The molecule has 3 aromatic carbocycles. The Morgan fingerprint density at radius 2 is 1.56 bits per heavy atom. The number of benzene rings is 3. The predicted octanol–water partition coefficient (Wildman–Crippen LogP) is 9.51. The van der Waals surface area contributed by atoms with Gasteiger partial charge in [-0.1, -0.05) is 46.4 Å². The summed E-state index contributed by atoms with van der Waals surface area (Å²) in [4.78, 5) is 40.3. The first-order valence-electron chi connectivity index (χ1n) is 13.1. The highest BCUT2D eigenvalue weighted by atomic mass is 35.5. The Labute approximate surface area is 278 Å². The SMILES string of the molecule is Cc1cc(N(C)C(=O)OC2(C)CC2)ccc1NC(=O)c1cc(NC(=O)C2C(c3cc(Cl)c(Cl)c(Cl)c3)C2(Cl)Cl)ccc1Cl. The van der Waals surface area contributed by atoms with Crippen molar-refractivity contribution < 1.29 is 19.1 Å². The van der Waals surface area contributed by atoms with Crippen molar-refractivity contribution in [2.45, 2.75) is 42.5 Å². The number of nitrogens with zero attached hydrogens (tertiary/aromatic N) is 1. The van der Waals surface area contributed by atoms with E-state index in [9.17, 15) is 14.4 Å². The number of ether oxygens (including phenoxy) is 1. The molecule has 2 fully saturated rings. The van der Waals surface area contributed by atoms with Crippen LogP contribution in [-0.4, -0.2) is 34.9 Å². The van der Waals surface area contributed by atoms with E-state index in [1.165, 1.54) is 17.0 Å². The van der Waals surface area contributed by atoms with E-state index in [1.54, 1.807) is 50.4 Å². The number of carbonyl (C=O) groups excluding carboxylic acids is 3. The Bertz CT molecular complexity index is 1640. The minimum atomic E-state index is -1.40. The minimum absolute atomic E-state index is 0.132. The van der Waals surface area contributed by atoms with Crippen LogP contribution in [0.3, 0.4) is 0 Å². The molecule has 0 bridgehead atoms. The van der Waals surface area contributed by atoms with E-state index in [0.717, 1.165) is 12.8 Å². The number of hydrogen-bond acceptors (Lipinski definition) is 4. The van der Waals surface area contributed by atoms with Gasteiger partial charge in [-0.3, -0.25) is 14.5 Å². The van der Waals surface area contributed by atoms with Crippen molar-refractivity contribution in [3.63, 3.8) is 0 Å². The third kappa shape index (κ3) is 6.68. The first-order valence-corrected chi connectivity index (χ1v) is 15.4. The number of halogens is 6. The Balaban J connectivity index is 1.27. The number of amides is 3. The van der Waals surface area contributed by atoms with Crippen LogP contribution in [0.5, 0.6) is 0 Å². The monoisotopic (exact) mass is 701 g/mol. The van der Waals surface area contributed by atoms with Crippen LogP contribution in [0, 0.1) is 12.8 Å². The average molecular weight is 704 g/mol. The molecule has 0 saturated heterocycles. The van der Waals surface area contributed by atoms with E-state index in [4.69, 9.17) is 74.3 Å². The Hall–Kier alpha value is -2.39. The van der Waals surface area contributed by atoms with Gasteiger partial charge < -0.3 is 15.4 Å². The summed E-state index contributed by atoms with van der Waals surface area (Å²) in [5.41, 5.74) is 2.48. The third-order valence-corrected chi connectivity index (χ3v) is 10.1. The predicted molar refractivity (Wildman–Crippen MR) is 174 cm³/mol. The Morgan fingerprint density at radius 3 is 2.16 bits per heavy atom. The van der Waals surface area contributed by atoms with Gasteiger partial charge in [0.05, 0.1) is 31.6 Å². The summed E-state index contributed by atoms with van der Waals surface area (Å²) in [5.74, 6) is -2.36. The molecule has 2 unspecified atom stereocenters. The molecule has 0 spiro atoms. The topological polar surface area (TPSA) is 87.7 Å². The molecule has 2 N–H and O–H groups in total. The minimum Gasteiger partial charge on any atom is -0.443 e. The lowest BCUT2D eigenvalue weighted by Crippen LogP contribution is -2.30. The van der Waals surface area contributed by atoms with Crippen molar-refractivity contribution in [3.05, 3.63) is 85.3 Å². The highest BCUT2D eigenvalue weighted by Gasteiger charge is 2.67. The van der Waals surface area contributed by atoms with Gasteiger partial charge in [0.25, 0.3) is 5.91 Å². The highest BCUT2D eigenvalue weighted by Crippen LogP contribution is 2.65. The molecule has 13 heteroatoms. The van der Waals surface area contributed by atoms with E-state index >= 15 is 0 Å². The van der Waals surface area contributed by atoms with Gasteiger partial charge in [0.15, 0.2) is 0 Å². The van der Waals surface area contributed by atoms with E-state index in [0.29, 0.717) is 28.2 Å². The zero-order chi connectivity index (χ0) is 31.4. The third-order valence-electron chi connectivity index (χ3n) is 7.59. The van der Waals surface area contributed by atoms with E-state index in [-0.39, 0.29) is 25.7 Å². The molecule has 3 amide bonds. The largest absolute Gasteiger partial charge is 0.443 e. The first kappa shape index (κ1) is 32.0. The Kier molecular flexibility index (Phi) is 8.82. The maximum atomic E-state index is 13.2. The van der Waals surface area contributed by atoms with Crippen molar-refractivity contribution >= 4 is 105 Å². The molecule has 7 nitrogen and oxygen atoms in total. The molecule has 43 heavy (non-hydrogen) atoms. The molecule has 2 atom stereocenters. The molecular formula is C30H25Cl6N3O4. The smallest absolute Gasteiger partial charge is 0.414 e. The van der Waals surface area contributed by atoms with Crippen LogP contribution < -0.4 is 15.5 Å². The number of anilines is 3. The zero-order valence-electron chi connectivity index (χ0n) is 23.0. The van der Waals surface area contributed by atoms with Crippen LogP contribution >= 0.6 is 69.6 Å². The quantitative estimate of drug-likeness (QED) is 0.190. The van der Waals surface area contributed by atoms with Gasteiger partial charge in [-0.15, -0.1) is 23.2 Å². The molecule has 0 aliphatic heterocycles. The van der Waals surface area contributed by atoms with Gasteiger partial charge in [0, 0.05) is 30.0 Å². The van der Waals surface area contributed by atoms with Crippen molar-refractivity contribution in [1.82, 2.24) is 0 Å². The van der Waals surface area contributed by atoms with E-state index < -0.39 is 39.7 Å². The second-order valence-corrected chi connectivity index (χ2v) is 14.0. The number of rotatable bonds is 7. The fraction of sp³-hybridized carbons (Fsp3) is 0.300. The summed E-state index contributed by atoms with van der Waals surface area (Å²) < 4.78 is 4.12. The molecule has 3 aromatic rings. The summed E-state index contributed by atoms with van der Waals surface area (Å²) in [5, 5.41) is 6.40. The number of carbonyl (C=O) groups is 3. The summed E-state index contributed by atoms with van der Waals surface area (Å²) in [6.45, 7) is 3.70. The van der Waals surface area contributed by atoms with Crippen LogP contribution in [0.4, 0.5) is 21.9 Å². The summed E-state index contributed by atoms with van der Waals surface area (Å²) in [7, 11) is 1.63. The van der Waals surface area contributed by atoms with Crippen molar-refractivity contribution in [1.29, 1.82) is 0 Å². The highest BCUT2D eigenvalue weighted by molar-refractivity contribution is 6.54. The van der Waals surface area contributed by atoms with Crippen molar-refractivity contribution in [2.75, 3.05) is 22.6 Å². The number of aryl methyl sites for hydroxylation is 1. The lowest BCUT2D eigenvalue weighted by molar-refractivity contribution is -0.117. The van der Waals surface area contributed by atoms with Gasteiger partial charge >= 0.3 is 6.09 Å². The van der Waals surface area contributed by atoms with Crippen LogP contribution in [0.15, 0.2) is 48.5 Å². The molecule has 0 aromatic heterocycles.